The zero-order valence-corrected chi connectivity index (χ0v) is 12.3. The van der Waals surface area contributed by atoms with E-state index < -0.39 is 0 Å². The molecule has 0 saturated carbocycles. The molecule has 3 N–H and O–H groups in total. The number of thiophene rings is 1. The molecule has 108 valence electrons. The van der Waals surface area contributed by atoms with Crippen molar-refractivity contribution in [1.82, 2.24) is 5.43 Å². The van der Waals surface area contributed by atoms with Crippen molar-refractivity contribution in [1.29, 1.82) is 5.26 Å². The van der Waals surface area contributed by atoms with E-state index in [4.69, 9.17) is 11.1 Å². The maximum absolute atomic E-state index is 11.7. The van der Waals surface area contributed by atoms with Crippen LogP contribution in [0, 0.1) is 11.3 Å². The molecule has 0 aliphatic carbocycles. The zero-order chi connectivity index (χ0) is 15.1. The Morgan fingerprint density at radius 1 is 1.33 bits per heavy atom. The number of nitrogen functional groups attached to an aromatic ring is 1. The lowest BCUT2D eigenvalue weighted by Crippen LogP contribution is -2.31. The average molecular weight is 300 g/mol. The van der Waals surface area contributed by atoms with Crippen molar-refractivity contribution in [3.05, 3.63) is 52.2 Å². The molecule has 0 radical (unpaired) electrons. The minimum absolute atomic E-state index is 0.284. The molecule has 0 atom stereocenters. The van der Waals surface area contributed by atoms with Crippen molar-refractivity contribution in [2.75, 3.05) is 11.4 Å². The third-order valence-electron chi connectivity index (χ3n) is 3.06. The van der Waals surface area contributed by atoms with E-state index in [1.54, 1.807) is 0 Å². The summed E-state index contributed by atoms with van der Waals surface area (Å²) in [6, 6.07) is 13.9. The second-order valence-electron chi connectivity index (χ2n) is 4.41. The largest absolute Gasteiger partial charge is 0.366 e. The molecule has 0 aliphatic rings. The van der Waals surface area contributed by atoms with E-state index in [2.05, 4.69) is 16.4 Å². The summed E-state index contributed by atoms with van der Waals surface area (Å²) in [5, 5.41) is 10.7. The maximum Gasteiger partial charge on any atom is 0.275 e. The Morgan fingerprint density at radius 3 is 2.76 bits per heavy atom. The number of nitrogens with zero attached hydrogens (tertiary/aromatic N) is 2. The zero-order valence-electron chi connectivity index (χ0n) is 11.5. The molecule has 1 aromatic heterocycles. The number of anilines is 1. The van der Waals surface area contributed by atoms with Crippen molar-refractivity contribution in [2.45, 2.75) is 13.0 Å². The highest BCUT2D eigenvalue weighted by molar-refractivity contribution is 7.12. The number of rotatable bonds is 6. The number of carbonyl (C=O) groups is 1. The molecule has 2 rings (SSSR count). The average Bonchev–Trinajstić information content (AvgIpc) is 2.99. The molecule has 21 heavy (non-hydrogen) atoms. The van der Waals surface area contributed by atoms with Gasteiger partial charge in [0.05, 0.1) is 17.4 Å². The van der Waals surface area contributed by atoms with Crippen LogP contribution in [-0.2, 0) is 6.54 Å². The topological polar surface area (TPSA) is 82.2 Å². The highest BCUT2D eigenvalue weighted by Gasteiger charge is 2.15. The first-order valence-corrected chi connectivity index (χ1v) is 7.38. The first-order chi connectivity index (χ1) is 10.3. The van der Waals surface area contributed by atoms with E-state index in [0.29, 0.717) is 24.4 Å². The Labute approximate surface area is 127 Å². The van der Waals surface area contributed by atoms with E-state index in [0.717, 1.165) is 11.3 Å². The molecule has 0 bridgehead atoms. The highest BCUT2D eigenvalue weighted by Crippen LogP contribution is 2.22. The van der Waals surface area contributed by atoms with Crippen LogP contribution in [0.25, 0.3) is 0 Å². The van der Waals surface area contributed by atoms with Crippen LogP contribution in [0.15, 0.2) is 41.8 Å². The second kappa shape index (κ2) is 7.43. The summed E-state index contributed by atoms with van der Waals surface area (Å²) >= 11 is 1.36. The first kappa shape index (κ1) is 15.0. The lowest BCUT2D eigenvalue weighted by atomic mass is 10.2. The van der Waals surface area contributed by atoms with E-state index in [9.17, 15) is 4.79 Å². The maximum atomic E-state index is 11.7. The minimum atomic E-state index is -0.284. The second-order valence-corrected chi connectivity index (χ2v) is 5.33. The normalized spacial score (nSPS) is 9.90. The Balaban J connectivity index is 2.22. The fourth-order valence-electron chi connectivity index (χ4n) is 2.05. The fraction of sp³-hybridized carbons (Fsp3) is 0.200. The van der Waals surface area contributed by atoms with Crippen LogP contribution in [-0.4, -0.2) is 12.5 Å². The van der Waals surface area contributed by atoms with Crippen LogP contribution in [0.5, 0.6) is 0 Å². The smallest absolute Gasteiger partial charge is 0.275 e. The molecule has 0 unspecified atom stereocenters. The van der Waals surface area contributed by atoms with E-state index >= 15 is 0 Å². The summed E-state index contributed by atoms with van der Waals surface area (Å²) in [7, 11) is 0. The molecule has 1 amide bonds. The van der Waals surface area contributed by atoms with E-state index in [-0.39, 0.29) is 5.91 Å². The predicted octanol–water partition coefficient (Wildman–Crippen LogP) is 2.27. The number of carbonyl (C=O) groups excluding carboxylic acids is 1. The minimum Gasteiger partial charge on any atom is -0.366 e. The number of para-hydroxylation sites is 1. The molecule has 5 nitrogen and oxygen atoms in total. The lowest BCUT2D eigenvalue weighted by Gasteiger charge is -2.24. The Hall–Kier alpha value is -2.36. The Bertz CT molecular complexity index is 633. The van der Waals surface area contributed by atoms with Gasteiger partial charge >= 0.3 is 0 Å². The Morgan fingerprint density at radius 2 is 2.10 bits per heavy atom. The van der Waals surface area contributed by atoms with Crippen LogP contribution in [0.3, 0.4) is 0 Å². The predicted molar refractivity (Wildman–Crippen MR) is 83.7 cm³/mol. The van der Waals surface area contributed by atoms with Crippen LogP contribution >= 0.6 is 11.3 Å². The molecule has 0 fully saturated rings. The molecule has 6 heteroatoms. The summed E-state index contributed by atoms with van der Waals surface area (Å²) in [5.74, 6) is 4.92. The standard InChI is InChI=1S/C15H16N4OS/c16-8-4-9-19(13-5-2-1-3-6-13)11-12-7-10-21-14(12)15(20)18-17/h1-3,5-7,10H,4,9,11,17H2,(H,18,20). The van der Waals surface area contributed by atoms with Crippen LogP contribution in [0.2, 0.25) is 0 Å². The van der Waals surface area contributed by atoms with Crippen LogP contribution in [0.1, 0.15) is 21.7 Å². The van der Waals surface area contributed by atoms with Gasteiger partial charge in [-0.3, -0.25) is 10.2 Å². The van der Waals surface area contributed by atoms with E-state index in [1.807, 2.05) is 41.8 Å². The fourth-order valence-corrected chi connectivity index (χ4v) is 2.87. The number of hydrogen-bond acceptors (Lipinski definition) is 5. The summed E-state index contributed by atoms with van der Waals surface area (Å²) in [5.41, 5.74) is 4.10. The molecular formula is C15H16N4OS. The SMILES string of the molecule is N#CCCN(Cc1ccsc1C(=O)NN)c1ccccc1. The van der Waals surface area contributed by atoms with Gasteiger partial charge in [-0.2, -0.15) is 5.26 Å². The van der Waals surface area contributed by atoms with Gasteiger partial charge in [0.25, 0.3) is 5.91 Å². The van der Waals surface area contributed by atoms with Gasteiger partial charge in [0.1, 0.15) is 0 Å². The molecule has 0 aliphatic heterocycles. The number of nitriles is 1. The summed E-state index contributed by atoms with van der Waals surface area (Å²) in [6.07, 6.45) is 0.428. The van der Waals surface area contributed by atoms with Crippen molar-refractivity contribution in [3.8, 4) is 6.07 Å². The molecule has 1 heterocycles. The third-order valence-corrected chi connectivity index (χ3v) is 4.02. The number of nitrogens with one attached hydrogen (secondary N) is 1. The van der Waals surface area contributed by atoms with Gasteiger partial charge in [0.15, 0.2) is 0 Å². The van der Waals surface area contributed by atoms with Gasteiger partial charge in [-0.1, -0.05) is 18.2 Å². The van der Waals surface area contributed by atoms with Crippen molar-refractivity contribution < 1.29 is 4.79 Å². The van der Waals surface area contributed by atoms with Gasteiger partial charge in [-0.15, -0.1) is 11.3 Å². The van der Waals surface area contributed by atoms with Gasteiger partial charge in [0.2, 0.25) is 0 Å². The Kier molecular flexibility index (Phi) is 5.32. The van der Waals surface area contributed by atoms with Crippen LogP contribution < -0.4 is 16.2 Å². The van der Waals surface area contributed by atoms with E-state index in [1.165, 1.54) is 11.3 Å². The monoisotopic (exact) mass is 300 g/mol. The number of nitrogens with two attached hydrogens (primary N) is 1. The third kappa shape index (κ3) is 3.81. The van der Waals surface area contributed by atoms with Gasteiger partial charge in [-0.05, 0) is 29.1 Å². The summed E-state index contributed by atoms with van der Waals surface area (Å²) < 4.78 is 0. The van der Waals surface area contributed by atoms with Gasteiger partial charge in [0, 0.05) is 18.8 Å². The van der Waals surface area contributed by atoms with Gasteiger partial charge < -0.3 is 4.90 Å². The molecule has 2 aromatic rings. The molecular weight excluding hydrogens is 284 g/mol. The summed E-state index contributed by atoms with van der Waals surface area (Å²) in [6.45, 7) is 1.18. The number of benzene rings is 1. The van der Waals surface area contributed by atoms with Crippen molar-refractivity contribution in [2.24, 2.45) is 5.84 Å². The van der Waals surface area contributed by atoms with Gasteiger partial charge in [-0.25, -0.2) is 5.84 Å². The molecule has 1 aromatic carbocycles. The summed E-state index contributed by atoms with van der Waals surface area (Å²) in [4.78, 5) is 14.4. The molecule has 0 saturated heterocycles. The van der Waals surface area contributed by atoms with Crippen molar-refractivity contribution >= 4 is 22.9 Å². The first-order valence-electron chi connectivity index (χ1n) is 6.50. The number of hydrazine groups is 1. The lowest BCUT2D eigenvalue weighted by molar-refractivity contribution is 0.0957. The molecule has 0 spiro atoms. The highest BCUT2D eigenvalue weighted by atomic mass is 32.1. The number of hydrogen-bond donors (Lipinski definition) is 2. The van der Waals surface area contributed by atoms with Crippen LogP contribution in [0.4, 0.5) is 5.69 Å². The van der Waals surface area contributed by atoms with Crippen molar-refractivity contribution in [3.63, 3.8) is 0 Å². The quantitative estimate of drug-likeness (QED) is 0.487. The number of amides is 1.